The molecule has 12 heteroatoms. The molecular formula is C18H11F5N2O3S2. The van der Waals surface area contributed by atoms with Crippen molar-refractivity contribution in [3.05, 3.63) is 76.0 Å². The van der Waals surface area contributed by atoms with E-state index in [9.17, 15) is 35.2 Å². The number of amides is 1. The molecule has 1 amide bonds. The molecule has 2 aromatic carbocycles. The highest BCUT2D eigenvalue weighted by Crippen LogP contribution is 2.31. The van der Waals surface area contributed by atoms with Crippen LogP contribution in [0.4, 0.5) is 33.3 Å². The fraction of sp³-hybridized carbons (Fsp3) is 0.0556. The van der Waals surface area contributed by atoms with Crippen molar-refractivity contribution in [2.45, 2.75) is 11.1 Å². The summed E-state index contributed by atoms with van der Waals surface area (Å²) in [7, 11) is -4.33. The quantitative estimate of drug-likeness (QED) is 0.518. The smallest absolute Gasteiger partial charge is 0.321 e. The number of sulfonamides is 1. The lowest BCUT2D eigenvalue weighted by atomic mass is 10.2. The predicted octanol–water partition coefficient (Wildman–Crippen LogP) is 5.10. The molecule has 0 aliphatic carbocycles. The zero-order valence-electron chi connectivity index (χ0n) is 14.6. The van der Waals surface area contributed by atoms with E-state index in [0.29, 0.717) is 12.1 Å². The van der Waals surface area contributed by atoms with Crippen LogP contribution in [0.15, 0.2) is 58.8 Å². The van der Waals surface area contributed by atoms with Crippen molar-refractivity contribution in [2.24, 2.45) is 0 Å². The van der Waals surface area contributed by atoms with Gasteiger partial charge in [0.1, 0.15) is 4.88 Å². The van der Waals surface area contributed by atoms with Crippen LogP contribution in [0.25, 0.3) is 0 Å². The molecule has 0 fully saturated rings. The first-order valence-corrected chi connectivity index (χ1v) is 10.4. The minimum Gasteiger partial charge on any atom is -0.321 e. The van der Waals surface area contributed by atoms with Crippen LogP contribution >= 0.6 is 11.3 Å². The Morgan fingerprint density at radius 1 is 0.933 bits per heavy atom. The fourth-order valence-corrected chi connectivity index (χ4v) is 4.24. The molecule has 0 saturated heterocycles. The van der Waals surface area contributed by atoms with Crippen LogP contribution in [0.3, 0.4) is 0 Å². The van der Waals surface area contributed by atoms with Gasteiger partial charge >= 0.3 is 6.18 Å². The molecule has 0 saturated carbocycles. The molecule has 5 nitrogen and oxygen atoms in total. The molecule has 0 spiro atoms. The van der Waals surface area contributed by atoms with E-state index < -0.39 is 44.2 Å². The van der Waals surface area contributed by atoms with Crippen LogP contribution in [0.2, 0.25) is 0 Å². The van der Waals surface area contributed by atoms with E-state index in [4.69, 9.17) is 0 Å². The average molecular weight is 462 g/mol. The Bertz CT molecular complexity index is 1190. The van der Waals surface area contributed by atoms with Gasteiger partial charge in [0.05, 0.1) is 16.1 Å². The second kappa shape index (κ2) is 8.03. The van der Waals surface area contributed by atoms with Gasteiger partial charge in [-0.25, -0.2) is 17.2 Å². The molecule has 0 aliphatic rings. The van der Waals surface area contributed by atoms with Crippen molar-refractivity contribution in [2.75, 3.05) is 10.0 Å². The first-order valence-electron chi connectivity index (χ1n) is 8.01. The van der Waals surface area contributed by atoms with Crippen LogP contribution < -0.4 is 10.0 Å². The summed E-state index contributed by atoms with van der Waals surface area (Å²) in [4.78, 5) is 11.8. The summed E-state index contributed by atoms with van der Waals surface area (Å²) in [6, 6.07) is 6.97. The molecule has 0 bridgehead atoms. The highest BCUT2D eigenvalue weighted by atomic mass is 32.2. The van der Waals surface area contributed by atoms with Crippen molar-refractivity contribution in [1.82, 2.24) is 0 Å². The molecule has 1 heterocycles. The van der Waals surface area contributed by atoms with Crippen LogP contribution in [-0.4, -0.2) is 14.3 Å². The summed E-state index contributed by atoms with van der Waals surface area (Å²) in [6.45, 7) is 0. The third-order valence-electron chi connectivity index (χ3n) is 3.79. The molecule has 158 valence electrons. The number of thiophene rings is 1. The number of anilines is 2. The molecule has 1 aromatic heterocycles. The first-order chi connectivity index (χ1) is 14.0. The van der Waals surface area contributed by atoms with Gasteiger partial charge in [-0.05, 0) is 53.9 Å². The van der Waals surface area contributed by atoms with E-state index in [1.807, 2.05) is 0 Å². The lowest BCUT2D eigenvalue weighted by Crippen LogP contribution is -2.17. The molecule has 0 atom stereocenters. The van der Waals surface area contributed by atoms with Gasteiger partial charge in [-0.15, -0.1) is 11.3 Å². The van der Waals surface area contributed by atoms with Gasteiger partial charge in [0.15, 0.2) is 11.6 Å². The number of rotatable bonds is 5. The van der Waals surface area contributed by atoms with E-state index in [2.05, 4.69) is 10.0 Å². The van der Waals surface area contributed by atoms with Crippen LogP contribution in [0, 0.1) is 11.6 Å². The summed E-state index contributed by atoms with van der Waals surface area (Å²) in [6.07, 6.45) is -4.53. The Kier molecular flexibility index (Phi) is 5.81. The highest BCUT2D eigenvalue weighted by molar-refractivity contribution is 7.92. The van der Waals surface area contributed by atoms with Gasteiger partial charge in [0.2, 0.25) is 0 Å². The second-order valence-electron chi connectivity index (χ2n) is 5.87. The Labute approximate surface area is 171 Å². The van der Waals surface area contributed by atoms with Gasteiger partial charge < -0.3 is 5.32 Å². The van der Waals surface area contributed by atoms with Gasteiger partial charge in [-0.2, -0.15) is 13.2 Å². The number of hydrogen-bond acceptors (Lipinski definition) is 4. The summed E-state index contributed by atoms with van der Waals surface area (Å²) in [5.74, 6) is -3.35. The van der Waals surface area contributed by atoms with Crippen molar-refractivity contribution in [1.29, 1.82) is 0 Å². The number of carbonyl (C=O) groups excluding carboxylic acids is 1. The van der Waals surface area contributed by atoms with E-state index in [-0.39, 0.29) is 16.3 Å². The number of carbonyl (C=O) groups is 1. The van der Waals surface area contributed by atoms with Crippen LogP contribution in [0.5, 0.6) is 0 Å². The highest BCUT2D eigenvalue weighted by Gasteiger charge is 2.30. The van der Waals surface area contributed by atoms with E-state index in [0.717, 1.165) is 41.7 Å². The SMILES string of the molecule is O=C(Nc1ccc(C(F)(F)F)cc1)c1sccc1NS(=O)(=O)c1ccc(F)c(F)c1. The topological polar surface area (TPSA) is 75.3 Å². The largest absolute Gasteiger partial charge is 0.416 e. The molecule has 3 aromatic rings. The Morgan fingerprint density at radius 3 is 2.20 bits per heavy atom. The molecule has 0 aliphatic heterocycles. The Balaban J connectivity index is 1.79. The molecular weight excluding hydrogens is 451 g/mol. The van der Waals surface area contributed by atoms with Gasteiger partial charge in [-0.1, -0.05) is 0 Å². The summed E-state index contributed by atoms with van der Waals surface area (Å²) >= 11 is 0.873. The average Bonchev–Trinajstić information content (AvgIpc) is 3.11. The molecule has 2 N–H and O–H groups in total. The number of halogens is 5. The van der Waals surface area contributed by atoms with E-state index in [1.165, 1.54) is 11.4 Å². The number of nitrogens with one attached hydrogen (secondary N) is 2. The third kappa shape index (κ3) is 4.76. The van der Waals surface area contributed by atoms with Gasteiger partial charge in [-0.3, -0.25) is 9.52 Å². The second-order valence-corrected chi connectivity index (χ2v) is 8.47. The van der Waals surface area contributed by atoms with Crippen molar-refractivity contribution in [3.8, 4) is 0 Å². The van der Waals surface area contributed by atoms with Gasteiger partial charge in [0.25, 0.3) is 15.9 Å². The number of hydrogen-bond donors (Lipinski definition) is 2. The van der Waals surface area contributed by atoms with E-state index >= 15 is 0 Å². The number of alkyl halides is 3. The van der Waals surface area contributed by atoms with E-state index in [1.54, 1.807) is 0 Å². The first kappa shape index (κ1) is 21.7. The lowest BCUT2D eigenvalue weighted by Gasteiger charge is -2.11. The van der Waals surface area contributed by atoms with Crippen LogP contribution in [-0.2, 0) is 16.2 Å². The summed E-state index contributed by atoms with van der Waals surface area (Å²) < 4.78 is 91.1. The minimum absolute atomic E-state index is 0.0656. The lowest BCUT2D eigenvalue weighted by molar-refractivity contribution is -0.137. The molecule has 30 heavy (non-hydrogen) atoms. The standard InChI is InChI=1S/C18H11F5N2O3S2/c19-13-6-5-12(9-14(13)20)30(27,28)25-15-7-8-29-16(15)17(26)24-11-3-1-10(2-4-11)18(21,22)23/h1-9,25H,(H,24,26). The van der Waals surface area contributed by atoms with Crippen molar-refractivity contribution >= 4 is 38.6 Å². The summed E-state index contributed by atoms with van der Waals surface area (Å²) in [5, 5.41) is 3.77. The normalized spacial score (nSPS) is 11.9. The fourth-order valence-electron chi connectivity index (χ4n) is 2.34. The van der Waals surface area contributed by atoms with Gasteiger partial charge in [0, 0.05) is 5.69 Å². The Morgan fingerprint density at radius 2 is 1.60 bits per heavy atom. The van der Waals surface area contributed by atoms with Crippen LogP contribution in [0.1, 0.15) is 15.2 Å². The maximum atomic E-state index is 13.3. The molecule has 0 unspecified atom stereocenters. The summed E-state index contributed by atoms with van der Waals surface area (Å²) in [5.41, 5.74) is -0.957. The zero-order chi connectivity index (χ0) is 22.1. The Hall–Kier alpha value is -2.99. The zero-order valence-corrected chi connectivity index (χ0v) is 16.3. The third-order valence-corrected chi connectivity index (χ3v) is 6.06. The van der Waals surface area contributed by atoms with Crippen molar-refractivity contribution in [3.63, 3.8) is 0 Å². The number of benzene rings is 2. The molecule has 3 rings (SSSR count). The predicted molar refractivity (Wildman–Crippen MR) is 101 cm³/mol. The minimum atomic E-state index is -4.53. The molecule has 0 radical (unpaired) electrons. The maximum Gasteiger partial charge on any atom is 0.416 e. The monoisotopic (exact) mass is 462 g/mol. The van der Waals surface area contributed by atoms with Crippen molar-refractivity contribution < 1.29 is 35.2 Å². The maximum absolute atomic E-state index is 13.3.